The third kappa shape index (κ3) is 6.48. The van der Waals surface area contributed by atoms with Gasteiger partial charge in [0, 0.05) is 18.5 Å². The highest BCUT2D eigenvalue weighted by Gasteiger charge is 2.31. The number of furan rings is 1. The van der Waals surface area contributed by atoms with Crippen molar-refractivity contribution in [2.24, 2.45) is 0 Å². The van der Waals surface area contributed by atoms with E-state index in [1.165, 1.54) is 11.8 Å². The lowest BCUT2D eigenvalue weighted by Crippen LogP contribution is -2.27. The molecule has 2 heterocycles. The third-order valence-corrected chi connectivity index (χ3v) is 6.81. The molecule has 0 unspecified atom stereocenters. The fourth-order valence-corrected chi connectivity index (χ4v) is 4.68. The maximum atomic E-state index is 12.8. The van der Waals surface area contributed by atoms with E-state index in [4.69, 9.17) is 21.4 Å². The minimum Gasteiger partial charge on any atom is -0.461 e. The van der Waals surface area contributed by atoms with Gasteiger partial charge in [-0.2, -0.15) is 0 Å². The van der Waals surface area contributed by atoms with E-state index in [1.807, 2.05) is 79.7 Å². The molecule has 0 aliphatic carbocycles. The van der Waals surface area contributed by atoms with Gasteiger partial charge in [-0.3, -0.25) is 9.69 Å². The number of benzene rings is 2. The predicted molar refractivity (Wildman–Crippen MR) is 142 cm³/mol. The van der Waals surface area contributed by atoms with Gasteiger partial charge in [-0.1, -0.05) is 72.5 Å². The number of hydrogen-bond acceptors (Lipinski definition) is 7. The van der Waals surface area contributed by atoms with Crippen molar-refractivity contribution in [2.45, 2.75) is 13.0 Å². The first kappa shape index (κ1) is 24.9. The summed E-state index contributed by atoms with van der Waals surface area (Å²) in [5, 5.41) is 0. The van der Waals surface area contributed by atoms with Crippen LogP contribution in [0.5, 0.6) is 0 Å². The van der Waals surface area contributed by atoms with Gasteiger partial charge in [0.15, 0.2) is 0 Å². The maximum absolute atomic E-state index is 12.8. The summed E-state index contributed by atoms with van der Waals surface area (Å²) in [6.45, 7) is 1.49. The smallest absolute Gasteiger partial charge is 0.338 e. The zero-order valence-electron chi connectivity index (χ0n) is 19.6. The molecular weight excluding hydrogens is 480 g/mol. The number of rotatable bonds is 9. The maximum Gasteiger partial charge on any atom is 0.338 e. The molecule has 0 saturated carbocycles. The monoisotopic (exact) mass is 506 g/mol. The lowest BCUT2D eigenvalue weighted by Gasteiger charge is -2.14. The van der Waals surface area contributed by atoms with Crippen molar-refractivity contribution in [3.05, 3.63) is 94.6 Å². The molecule has 1 saturated heterocycles. The quantitative estimate of drug-likeness (QED) is 0.226. The van der Waals surface area contributed by atoms with Gasteiger partial charge in [-0.05, 0) is 43.9 Å². The van der Waals surface area contributed by atoms with E-state index in [0.717, 1.165) is 16.9 Å². The molecule has 0 radical (unpaired) electrons. The highest BCUT2D eigenvalue weighted by molar-refractivity contribution is 8.26. The summed E-state index contributed by atoms with van der Waals surface area (Å²) in [6.07, 6.45) is 2.34. The van der Waals surface area contributed by atoms with Crippen LogP contribution in [0.15, 0.2) is 82.1 Å². The topological polar surface area (TPSA) is 63.0 Å². The molecular formula is C27H26N2O4S2. The number of thiocarbonyl (C=S) groups is 1. The number of carbonyl (C=O) groups is 2. The largest absolute Gasteiger partial charge is 0.461 e. The van der Waals surface area contributed by atoms with E-state index < -0.39 is 0 Å². The summed E-state index contributed by atoms with van der Waals surface area (Å²) in [6, 6.07) is 20.7. The summed E-state index contributed by atoms with van der Waals surface area (Å²) in [7, 11) is 3.85. The normalized spacial score (nSPS) is 14.8. The van der Waals surface area contributed by atoms with E-state index in [2.05, 4.69) is 0 Å². The van der Waals surface area contributed by atoms with Crippen molar-refractivity contribution in [3.63, 3.8) is 0 Å². The molecule has 180 valence electrons. The molecule has 4 rings (SSSR count). The van der Waals surface area contributed by atoms with Gasteiger partial charge in [0.2, 0.25) is 0 Å². The fraction of sp³-hybridized carbons (Fsp3) is 0.222. The lowest BCUT2D eigenvalue weighted by molar-refractivity contribution is -0.122. The van der Waals surface area contributed by atoms with Crippen LogP contribution >= 0.6 is 24.0 Å². The zero-order chi connectivity index (χ0) is 24.8. The first-order valence-corrected chi connectivity index (χ1v) is 12.4. The first-order chi connectivity index (χ1) is 16.9. The molecule has 6 nitrogen and oxygen atoms in total. The Bertz CT molecular complexity index is 1230. The molecule has 1 fully saturated rings. The van der Waals surface area contributed by atoms with Crippen LogP contribution < -0.4 is 0 Å². The number of allylic oxidation sites excluding steroid dienone is 1. The number of thioether (sulfide) groups is 1. The number of amides is 1. The number of nitrogens with zero attached hydrogens (tertiary/aromatic N) is 2. The summed E-state index contributed by atoms with van der Waals surface area (Å²) in [4.78, 5) is 29.2. The molecule has 0 spiro atoms. The third-order valence-electron chi connectivity index (χ3n) is 5.38. The molecule has 0 bridgehead atoms. The predicted octanol–water partition coefficient (Wildman–Crippen LogP) is 5.15. The van der Waals surface area contributed by atoms with Gasteiger partial charge in [0.1, 0.15) is 22.4 Å². The second-order valence-electron chi connectivity index (χ2n) is 8.30. The van der Waals surface area contributed by atoms with E-state index in [1.54, 1.807) is 17.0 Å². The Balaban J connectivity index is 1.35. The molecule has 35 heavy (non-hydrogen) atoms. The average molecular weight is 507 g/mol. The molecule has 0 N–H and O–H groups in total. The van der Waals surface area contributed by atoms with Gasteiger partial charge >= 0.3 is 5.97 Å². The van der Waals surface area contributed by atoms with Crippen LogP contribution in [0.3, 0.4) is 0 Å². The molecule has 1 aromatic heterocycles. The molecule has 8 heteroatoms. The zero-order valence-corrected chi connectivity index (χ0v) is 21.2. The van der Waals surface area contributed by atoms with Gasteiger partial charge in [-0.25, -0.2) is 4.79 Å². The molecule has 3 aromatic rings. The second-order valence-corrected chi connectivity index (χ2v) is 9.98. The summed E-state index contributed by atoms with van der Waals surface area (Å²) in [5.41, 5.74) is 2.39. The Kier molecular flexibility index (Phi) is 8.17. The second kappa shape index (κ2) is 11.5. The molecule has 0 atom stereocenters. The first-order valence-electron chi connectivity index (χ1n) is 11.2. The van der Waals surface area contributed by atoms with Crippen molar-refractivity contribution in [1.29, 1.82) is 0 Å². The fourth-order valence-electron chi connectivity index (χ4n) is 3.45. The molecule has 2 aromatic carbocycles. The van der Waals surface area contributed by atoms with E-state index in [9.17, 15) is 9.59 Å². The number of ether oxygens (including phenoxy) is 1. The van der Waals surface area contributed by atoms with Crippen molar-refractivity contribution in [2.75, 3.05) is 27.2 Å². The number of likely N-dealkylation sites (N-methyl/N-ethyl adjacent to an activating group) is 1. The lowest BCUT2D eigenvalue weighted by atomic mass is 10.1. The molecule has 1 aliphatic heterocycles. The van der Waals surface area contributed by atoms with Crippen LogP contribution in [0.1, 0.15) is 21.7 Å². The van der Waals surface area contributed by atoms with Crippen LogP contribution in [0.25, 0.3) is 11.3 Å². The van der Waals surface area contributed by atoms with Crippen molar-refractivity contribution in [1.82, 2.24) is 9.80 Å². The Labute approximate surface area is 214 Å². The number of carbonyl (C=O) groups excluding carboxylic acids is 2. The van der Waals surface area contributed by atoms with Crippen LogP contribution in [0.2, 0.25) is 0 Å². The molecule has 1 aliphatic rings. The Morgan fingerprint density at radius 1 is 1.09 bits per heavy atom. The van der Waals surface area contributed by atoms with Gasteiger partial charge in [0.25, 0.3) is 5.91 Å². The Hall–Kier alpha value is -3.20. The average Bonchev–Trinajstić information content (AvgIpc) is 3.43. The summed E-state index contributed by atoms with van der Waals surface area (Å²) >= 11 is 6.74. The Morgan fingerprint density at radius 2 is 1.83 bits per heavy atom. The minimum absolute atomic E-state index is 0.0799. The minimum atomic E-state index is -0.344. The van der Waals surface area contributed by atoms with E-state index in [-0.39, 0.29) is 11.9 Å². The highest BCUT2D eigenvalue weighted by Crippen LogP contribution is 2.33. The summed E-state index contributed by atoms with van der Waals surface area (Å²) in [5.74, 6) is 1.00. The van der Waals surface area contributed by atoms with Crippen molar-refractivity contribution < 1.29 is 18.7 Å². The van der Waals surface area contributed by atoms with Crippen LogP contribution in [0, 0.1) is 0 Å². The van der Waals surface area contributed by atoms with E-state index in [0.29, 0.717) is 46.7 Å². The SMILES string of the molecule is CN(C)CCOC(=O)c1ccc(-c2ccc(C/C=C3/SC(=S)N(Cc4ccccc4)C3=O)o2)cc1. The van der Waals surface area contributed by atoms with Gasteiger partial charge in [-0.15, -0.1) is 0 Å². The van der Waals surface area contributed by atoms with Crippen LogP contribution in [-0.2, 0) is 22.5 Å². The van der Waals surface area contributed by atoms with Crippen LogP contribution in [0.4, 0.5) is 0 Å². The van der Waals surface area contributed by atoms with Gasteiger partial charge < -0.3 is 14.1 Å². The van der Waals surface area contributed by atoms with Crippen LogP contribution in [-0.4, -0.2) is 53.2 Å². The van der Waals surface area contributed by atoms with E-state index >= 15 is 0 Å². The summed E-state index contributed by atoms with van der Waals surface area (Å²) < 4.78 is 11.8. The number of hydrogen-bond donors (Lipinski definition) is 0. The number of esters is 1. The van der Waals surface area contributed by atoms with Crippen molar-refractivity contribution in [3.8, 4) is 11.3 Å². The van der Waals surface area contributed by atoms with Gasteiger partial charge in [0.05, 0.1) is 17.0 Å². The van der Waals surface area contributed by atoms with Crippen molar-refractivity contribution >= 4 is 40.2 Å². The Morgan fingerprint density at radius 3 is 2.54 bits per heavy atom. The highest BCUT2D eigenvalue weighted by atomic mass is 32.2. The standard InChI is InChI=1S/C27H26N2O4S2/c1-28(2)16-17-32-26(31)21-10-8-20(9-11-21)23-14-12-22(33-23)13-15-24-25(30)29(27(34)35-24)18-19-6-4-3-5-7-19/h3-12,14-15H,13,16-18H2,1-2H3/b24-15+. The molecule has 1 amide bonds.